The number of hydrogen-bond acceptors (Lipinski definition) is 6. The second kappa shape index (κ2) is 6.98. The summed E-state index contributed by atoms with van der Waals surface area (Å²) in [5.74, 6) is 1.04. The minimum absolute atomic E-state index is 0.000248. The van der Waals surface area contributed by atoms with Crippen molar-refractivity contribution in [1.29, 1.82) is 0 Å². The number of piperidine rings is 1. The molecule has 1 fully saturated rings. The first kappa shape index (κ1) is 16.8. The van der Waals surface area contributed by atoms with Gasteiger partial charge in [-0.25, -0.2) is 0 Å². The van der Waals surface area contributed by atoms with Gasteiger partial charge in [-0.15, -0.1) is 5.10 Å². The highest BCUT2D eigenvalue weighted by Gasteiger charge is 2.43. The van der Waals surface area contributed by atoms with E-state index < -0.39 is 0 Å². The SMILES string of the molecule is O=C1C(C(c2ccccc2)N2CCCCC2)Sc2nc(-c3ccco3)nn21. The number of hydrogen-bond donors (Lipinski definition) is 0. The summed E-state index contributed by atoms with van der Waals surface area (Å²) in [6, 6.07) is 14.0. The van der Waals surface area contributed by atoms with E-state index in [9.17, 15) is 4.79 Å². The van der Waals surface area contributed by atoms with Gasteiger partial charge in [-0.1, -0.05) is 48.5 Å². The van der Waals surface area contributed by atoms with Crippen molar-refractivity contribution in [2.24, 2.45) is 0 Å². The van der Waals surface area contributed by atoms with Crippen LogP contribution in [0.3, 0.4) is 0 Å². The van der Waals surface area contributed by atoms with E-state index in [4.69, 9.17) is 4.42 Å². The van der Waals surface area contributed by atoms with E-state index in [1.54, 1.807) is 18.4 Å². The lowest BCUT2D eigenvalue weighted by molar-refractivity contribution is 0.0819. The Bertz CT molecular complexity index is 932. The molecule has 2 aromatic heterocycles. The van der Waals surface area contributed by atoms with Gasteiger partial charge < -0.3 is 4.42 Å². The van der Waals surface area contributed by atoms with E-state index in [2.05, 4.69) is 27.1 Å². The maximum Gasteiger partial charge on any atom is 0.264 e. The Morgan fingerprint density at radius 3 is 2.59 bits per heavy atom. The van der Waals surface area contributed by atoms with E-state index in [1.807, 2.05) is 18.2 Å². The topological polar surface area (TPSA) is 64.2 Å². The zero-order chi connectivity index (χ0) is 18.2. The van der Waals surface area contributed by atoms with E-state index in [0.717, 1.165) is 13.1 Å². The molecule has 1 aromatic carbocycles. The normalized spacial score (nSPS) is 21.3. The lowest BCUT2D eigenvalue weighted by Gasteiger charge is -2.37. The Kier molecular flexibility index (Phi) is 4.33. The van der Waals surface area contributed by atoms with E-state index in [0.29, 0.717) is 16.7 Å². The van der Waals surface area contributed by atoms with Gasteiger partial charge >= 0.3 is 0 Å². The molecule has 138 valence electrons. The number of fused-ring (bicyclic) bond motifs is 1. The summed E-state index contributed by atoms with van der Waals surface area (Å²) < 4.78 is 6.81. The van der Waals surface area contributed by atoms with E-state index >= 15 is 0 Å². The van der Waals surface area contributed by atoms with Crippen LogP contribution in [0, 0.1) is 0 Å². The van der Waals surface area contributed by atoms with Gasteiger partial charge in [0.25, 0.3) is 5.91 Å². The smallest absolute Gasteiger partial charge is 0.264 e. The molecule has 7 heteroatoms. The third-order valence-electron chi connectivity index (χ3n) is 5.22. The molecule has 27 heavy (non-hydrogen) atoms. The first-order chi connectivity index (χ1) is 13.3. The van der Waals surface area contributed by atoms with Gasteiger partial charge in [-0.3, -0.25) is 9.69 Å². The number of thioether (sulfide) groups is 1. The van der Waals surface area contributed by atoms with Crippen LogP contribution in [0.1, 0.15) is 35.7 Å². The molecule has 0 radical (unpaired) electrons. The predicted molar refractivity (Wildman–Crippen MR) is 103 cm³/mol. The lowest BCUT2D eigenvalue weighted by atomic mass is 9.98. The Balaban J connectivity index is 1.47. The molecular weight excluding hydrogens is 360 g/mol. The fraction of sp³-hybridized carbons (Fsp3) is 0.350. The first-order valence-electron chi connectivity index (χ1n) is 9.32. The third kappa shape index (κ3) is 3.00. The second-order valence-electron chi connectivity index (χ2n) is 6.94. The van der Waals surface area contributed by atoms with Crippen molar-refractivity contribution < 1.29 is 9.21 Å². The number of nitrogens with zero attached hydrogens (tertiary/aromatic N) is 4. The van der Waals surface area contributed by atoms with Gasteiger partial charge in [-0.05, 0) is 43.6 Å². The molecule has 0 amide bonds. The summed E-state index contributed by atoms with van der Waals surface area (Å²) in [5.41, 5.74) is 1.18. The van der Waals surface area contributed by atoms with Gasteiger partial charge in [0.2, 0.25) is 5.82 Å². The van der Waals surface area contributed by atoms with Gasteiger partial charge in [0.1, 0.15) is 5.25 Å². The molecule has 0 bridgehead atoms. The zero-order valence-electron chi connectivity index (χ0n) is 14.8. The molecule has 4 heterocycles. The average molecular weight is 380 g/mol. The van der Waals surface area contributed by atoms with Crippen molar-refractivity contribution in [3.63, 3.8) is 0 Å². The summed E-state index contributed by atoms with van der Waals surface area (Å²) in [6.07, 6.45) is 5.21. The second-order valence-corrected chi connectivity index (χ2v) is 8.04. The number of aromatic nitrogens is 3. The molecule has 2 atom stereocenters. The Hall–Kier alpha value is -2.38. The number of carbonyl (C=O) groups excluding carboxylic acids is 1. The highest BCUT2D eigenvalue weighted by atomic mass is 32.2. The fourth-order valence-electron chi connectivity index (χ4n) is 3.94. The summed E-state index contributed by atoms with van der Waals surface area (Å²) in [4.78, 5) is 20.2. The molecule has 6 nitrogen and oxygen atoms in total. The molecule has 2 aliphatic rings. The molecule has 2 unspecified atom stereocenters. The number of furan rings is 1. The van der Waals surface area contributed by atoms with Crippen molar-refractivity contribution in [3.05, 3.63) is 54.3 Å². The van der Waals surface area contributed by atoms with Crippen molar-refractivity contribution in [2.75, 3.05) is 13.1 Å². The van der Waals surface area contributed by atoms with Gasteiger partial charge in [-0.2, -0.15) is 9.67 Å². The molecule has 0 aliphatic carbocycles. The van der Waals surface area contributed by atoms with Crippen LogP contribution >= 0.6 is 11.8 Å². The zero-order valence-corrected chi connectivity index (χ0v) is 15.6. The van der Waals surface area contributed by atoms with Crippen LogP contribution in [0.5, 0.6) is 0 Å². The van der Waals surface area contributed by atoms with Crippen molar-refractivity contribution in [1.82, 2.24) is 19.7 Å². The monoisotopic (exact) mass is 380 g/mol. The predicted octanol–water partition coefficient (Wildman–Crippen LogP) is 3.88. The number of benzene rings is 1. The number of likely N-dealkylation sites (tertiary alicyclic amines) is 1. The van der Waals surface area contributed by atoms with Crippen LogP contribution < -0.4 is 0 Å². The van der Waals surface area contributed by atoms with Gasteiger partial charge in [0.15, 0.2) is 10.9 Å². The van der Waals surface area contributed by atoms with Crippen LogP contribution in [0.15, 0.2) is 58.3 Å². The number of rotatable bonds is 4. The third-order valence-corrected chi connectivity index (χ3v) is 6.40. The van der Waals surface area contributed by atoms with E-state index in [1.165, 1.54) is 41.3 Å². The van der Waals surface area contributed by atoms with Crippen molar-refractivity contribution >= 4 is 17.7 Å². The fourth-order valence-corrected chi connectivity index (χ4v) is 5.19. The maximum absolute atomic E-state index is 13.2. The highest BCUT2D eigenvalue weighted by molar-refractivity contribution is 8.00. The highest BCUT2D eigenvalue weighted by Crippen LogP contribution is 2.42. The summed E-state index contributed by atoms with van der Waals surface area (Å²) in [5, 5.41) is 4.83. The van der Waals surface area contributed by atoms with Crippen LogP contribution in [-0.2, 0) is 0 Å². The number of carbonyl (C=O) groups is 1. The summed E-state index contributed by atoms with van der Waals surface area (Å²) in [6.45, 7) is 2.05. The van der Waals surface area contributed by atoms with Crippen LogP contribution in [0.2, 0.25) is 0 Å². The molecule has 2 aliphatic heterocycles. The molecule has 5 rings (SSSR count). The average Bonchev–Trinajstić information content (AvgIpc) is 3.43. The van der Waals surface area contributed by atoms with Gasteiger partial charge in [0, 0.05) is 0 Å². The Morgan fingerprint density at radius 2 is 1.89 bits per heavy atom. The summed E-state index contributed by atoms with van der Waals surface area (Å²) >= 11 is 1.52. The molecule has 0 spiro atoms. The van der Waals surface area contributed by atoms with Crippen molar-refractivity contribution in [3.8, 4) is 11.6 Å². The first-order valence-corrected chi connectivity index (χ1v) is 10.2. The minimum atomic E-state index is -0.230. The molecule has 3 aromatic rings. The van der Waals surface area contributed by atoms with E-state index in [-0.39, 0.29) is 17.2 Å². The van der Waals surface area contributed by atoms with Crippen LogP contribution in [0.4, 0.5) is 0 Å². The van der Waals surface area contributed by atoms with Crippen molar-refractivity contribution in [2.45, 2.75) is 35.7 Å². The Labute approximate surface area is 161 Å². The molecule has 0 saturated carbocycles. The largest absolute Gasteiger partial charge is 0.461 e. The van der Waals surface area contributed by atoms with Crippen LogP contribution in [-0.4, -0.2) is 43.9 Å². The molecular formula is C20H20N4O2S. The Morgan fingerprint density at radius 1 is 1.07 bits per heavy atom. The maximum atomic E-state index is 13.2. The van der Waals surface area contributed by atoms with Crippen LogP contribution in [0.25, 0.3) is 11.6 Å². The standard InChI is InChI=1S/C20H20N4O2S/c25-19-17(27-20-21-18(22-24(19)20)15-10-7-13-26-15)16(14-8-3-1-4-9-14)23-11-5-2-6-12-23/h1,3-4,7-10,13,16-17H,2,5-6,11-12H2. The van der Waals surface area contributed by atoms with Gasteiger partial charge in [0.05, 0.1) is 12.3 Å². The lowest BCUT2D eigenvalue weighted by Crippen LogP contribution is -2.41. The quantitative estimate of drug-likeness (QED) is 0.684. The minimum Gasteiger partial charge on any atom is -0.461 e. The molecule has 0 N–H and O–H groups in total. The molecule has 1 saturated heterocycles. The summed E-state index contributed by atoms with van der Waals surface area (Å²) in [7, 11) is 0.